The fourth-order valence-electron chi connectivity index (χ4n) is 2.75. The van der Waals surface area contributed by atoms with Gasteiger partial charge in [0.15, 0.2) is 0 Å². The molecule has 0 saturated heterocycles. The molecule has 0 fully saturated rings. The largest absolute Gasteiger partial charge is 0.496 e. The Balaban J connectivity index is 2.86. The van der Waals surface area contributed by atoms with Crippen LogP contribution in [0.15, 0.2) is 17.0 Å². The number of carbonyl (C=O) groups excluding carboxylic acids is 1. The number of sulfonamides is 1. The van der Waals surface area contributed by atoms with E-state index < -0.39 is 28.6 Å². The summed E-state index contributed by atoms with van der Waals surface area (Å²) in [4.78, 5) is 11.9. The Labute approximate surface area is 175 Å². The van der Waals surface area contributed by atoms with Crippen molar-refractivity contribution in [1.82, 2.24) is 4.31 Å². The topological polar surface area (TPSA) is 84.9 Å². The molecule has 11 heteroatoms. The van der Waals surface area contributed by atoms with Gasteiger partial charge in [0.2, 0.25) is 10.0 Å². The Morgan fingerprint density at radius 1 is 1.07 bits per heavy atom. The predicted octanol–water partition coefficient (Wildman–Crippen LogP) is 4.05. The molecule has 0 amide bonds. The summed E-state index contributed by atoms with van der Waals surface area (Å²) in [5.41, 5.74) is 0.251. The van der Waals surface area contributed by atoms with E-state index in [-0.39, 0.29) is 28.3 Å². The van der Waals surface area contributed by atoms with Gasteiger partial charge in [-0.1, -0.05) is 19.3 Å². The number of hydrogen-bond donors (Lipinski definition) is 1. The number of nitrogens with zero attached hydrogens (tertiary/aromatic N) is 1. The van der Waals surface area contributed by atoms with Crippen molar-refractivity contribution in [2.24, 2.45) is 0 Å². The molecule has 1 N–H and O–H groups in total. The van der Waals surface area contributed by atoms with Crippen molar-refractivity contribution in [3.63, 3.8) is 0 Å². The molecule has 0 aromatic heterocycles. The number of methoxy groups -OCH3 is 2. The van der Waals surface area contributed by atoms with Gasteiger partial charge < -0.3 is 14.8 Å². The molecule has 0 atom stereocenters. The van der Waals surface area contributed by atoms with E-state index in [0.29, 0.717) is 32.2 Å². The number of nitrogens with one attached hydrogen (secondary N) is 1. The van der Waals surface area contributed by atoms with Crippen LogP contribution in [-0.2, 0) is 14.8 Å². The lowest BCUT2D eigenvalue weighted by Crippen LogP contribution is -2.24. The first-order chi connectivity index (χ1) is 13.9. The Morgan fingerprint density at radius 3 is 2.20 bits per heavy atom. The second-order valence-corrected chi connectivity index (χ2v) is 9.01. The molecule has 7 nitrogen and oxygen atoms in total. The Bertz CT molecular complexity index is 811. The number of hydrogen-bond acceptors (Lipinski definition) is 6. The van der Waals surface area contributed by atoms with E-state index in [2.05, 4.69) is 5.32 Å². The van der Waals surface area contributed by atoms with Crippen LogP contribution in [0.1, 0.15) is 48.9 Å². The maximum Gasteiger partial charge on any atom is 0.389 e. The zero-order chi connectivity index (χ0) is 22.9. The molecular formula is C19H29F3N2O5S. The molecule has 1 aromatic carbocycles. The van der Waals surface area contributed by atoms with Gasteiger partial charge in [0, 0.05) is 33.1 Å². The van der Waals surface area contributed by atoms with Gasteiger partial charge in [0.1, 0.15) is 16.2 Å². The summed E-state index contributed by atoms with van der Waals surface area (Å²) in [6.07, 6.45) is -2.29. The van der Waals surface area contributed by atoms with Crippen LogP contribution < -0.4 is 10.1 Å². The third kappa shape index (κ3) is 7.67. The fourth-order valence-corrected chi connectivity index (χ4v) is 3.82. The maximum atomic E-state index is 12.7. The molecule has 0 spiro atoms. The lowest BCUT2D eigenvalue weighted by atomic mass is 10.1. The zero-order valence-corrected chi connectivity index (χ0v) is 18.5. The Hall–Kier alpha value is -2.01. The molecule has 172 valence electrons. The van der Waals surface area contributed by atoms with Crippen LogP contribution >= 0.6 is 0 Å². The first-order valence-corrected chi connectivity index (χ1v) is 10.9. The lowest BCUT2D eigenvalue weighted by Gasteiger charge is -2.19. The summed E-state index contributed by atoms with van der Waals surface area (Å²) in [6, 6.07) is 2.63. The predicted molar refractivity (Wildman–Crippen MR) is 107 cm³/mol. The maximum absolute atomic E-state index is 12.7. The van der Waals surface area contributed by atoms with Crippen molar-refractivity contribution in [2.45, 2.75) is 49.6 Å². The molecular weight excluding hydrogens is 425 g/mol. The van der Waals surface area contributed by atoms with Crippen molar-refractivity contribution in [3.05, 3.63) is 17.7 Å². The number of alkyl halides is 3. The quantitative estimate of drug-likeness (QED) is 0.379. The number of benzene rings is 1. The van der Waals surface area contributed by atoms with Crippen LogP contribution in [0.3, 0.4) is 0 Å². The third-order valence-electron chi connectivity index (χ3n) is 4.42. The molecule has 0 aliphatic carbocycles. The first-order valence-electron chi connectivity index (χ1n) is 9.47. The van der Waals surface area contributed by atoms with Gasteiger partial charge in [-0.3, -0.25) is 0 Å². The third-order valence-corrected chi connectivity index (χ3v) is 6.27. The average Bonchev–Trinajstić information content (AvgIpc) is 2.67. The minimum absolute atomic E-state index is 0.0179. The van der Waals surface area contributed by atoms with Gasteiger partial charge in [0.05, 0.1) is 19.9 Å². The van der Waals surface area contributed by atoms with Crippen LogP contribution in [0.2, 0.25) is 0 Å². The molecule has 1 aromatic rings. The minimum atomic E-state index is -4.12. The molecule has 0 heterocycles. The van der Waals surface area contributed by atoms with Crippen LogP contribution in [-0.4, -0.2) is 59.7 Å². The van der Waals surface area contributed by atoms with Gasteiger partial charge in [0.25, 0.3) is 0 Å². The van der Waals surface area contributed by atoms with E-state index in [9.17, 15) is 26.4 Å². The molecule has 0 aliphatic heterocycles. The highest BCUT2D eigenvalue weighted by molar-refractivity contribution is 7.89. The summed E-state index contributed by atoms with van der Waals surface area (Å²) in [6.45, 7) is 0.413. The van der Waals surface area contributed by atoms with Gasteiger partial charge in [-0.2, -0.15) is 13.2 Å². The van der Waals surface area contributed by atoms with Gasteiger partial charge in [-0.05, 0) is 18.9 Å². The number of rotatable bonds is 12. The van der Waals surface area contributed by atoms with Crippen LogP contribution in [0.5, 0.6) is 5.75 Å². The molecule has 0 saturated carbocycles. The van der Waals surface area contributed by atoms with Gasteiger partial charge in [-0.25, -0.2) is 17.5 Å². The van der Waals surface area contributed by atoms with E-state index >= 15 is 0 Å². The highest BCUT2D eigenvalue weighted by Crippen LogP contribution is 2.32. The molecule has 0 radical (unpaired) electrons. The molecule has 30 heavy (non-hydrogen) atoms. The molecule has 0 aliphatic rings. The van der Waals surface area contributed by atoms with Gasteiger partial charge in [-0.15, -0.1) is 0 Å². The minimum Gasteiger partial charge on any atom is -0.496 e. The molecule has 0 bridgehead atoms. The van der Waals surface area contributed by atoms with Crippen molar-refractivity contribution in [2.75, 3.05) is 40.2 Å². The van der Waals surface area contributed by atoms with Gasteiger partial charge >= 0.3 is 12.1 Å². The number of unbranched alkanes of at least 4 members (excludes halogenated alkanes) is 4. The van der Waals surface area contributed by atoms with E-state index in [1.54, 1.807) is 0 Å². The molecule has 0 unspecified atom stereocenters. The number of carbonyl (C=O) groups is 1. The van der Waals surface area contributed by atoms with E-state index in [1.165, 1.54) is 40.4 Å². The van der Waals surface area contributed by atoms with Crippen molar-refractivity contribution >= 4 is 21.7 Å². The van der Waals surface area contributed by atoms with Crippen LogP contribution in [0.25, 0.3) is 0 Å². The Morgan fingerprint density at radius 2 is 1.67 bits per heavy atom. The average molecular weight is 455 g/mol. The van der Waals surface area contributed by atoms with E-state index in [0.717, 1.165) is 4.31 Å². The van der Waals surface area contributed by atoms with Crippen LogP contribution in [0, 0.1) is 0 Å². The lowest BCUT2D eigenvalue weighted by molar-refractivity contribution is -0.135. The summed E-state index contributed by atoms with van der Waals surface area (Å²) in [5, 5.41) is 3.03. The SMILES string of the molecule is COC(=O)c1cc(S(=O)(=O)N(C)C)c(NCCCCCCCC(F)(F)F)cc1OC. The van der Waals surface area contributed by atoms with E-state index in [4.69, 9.17) is 9.47 Å². The summed E-state index contributed by atoms with van der Waals surface area (Å²) >= 11 is 0. The zero-order valence-electron chi connectivity index (χ0n) is 17.6. The van der Waals surface area contributed by atoms with Crippen LogP contribution in [0.4, 0.5) is 18.9 Å². The number of anilines is 1. The Kier molecular flexibility index (Phi) is 9.89. The monoisotopic (exact) mass is 454 g/mol. The second kappa shape index (κ2) is 11.4. The number of halogens is 3. The fraction of sp³-hybridized carbons (Fsp3) is 0.632. The second-order valence-electron chi connectivity index (χ2n) is 6.89. The first kappa shape index (κ1) is 26.0. The summed E-state index contributed by atoms with van der Waals surface area (Å²) in [5.74, 6) is -0.568. The summed E-state index contributed by atoms with van der Waals surface area (Å²) < 4.78 is 72.7. The summed E-state index contributed by atoms with van der Waals surface area (Å²) in [7, 11) is 1.43. The van der Waals surface area contributed by atoms with E-state index in [1.807, 2.05) is 0 Å². The number of ether oxygens (including phenoxy) is 2. The van der Waals surface area contributed by atoms with Crippen molar-refractivity contribution in [1.29, 1.82) is 0 Å². The van der Waals surface area contributed by atoms with Crippen molar-refractivity contribution in [3.8, 4) is 5.75 Å². The normalized spacial score (nSPS) is 12.1. The number of esters is 1. The highest BCUT2D eigenvalue weighted by Gasteiger charge is 2.27. The smallest absolute Gasteiger partial charge is 0.389 e. The van der Waals surface area contributed by atoms with Crippen molar-refractivity contribution < 1.29 is 35.9 Å². The standard InChI is InChI=1S/C19H29F3N2O5S/c1-24(2)30(26,27)17-12-14(18(25)29-4)16(28-3)13-15(17)23-11-9-7-5-6-8-10-19(20,21)22/h12-13,23H,5-11H2,1-4H3. The molecule has 1 rings (SSSR count). The highest BCUT2D eigenvalue weighted by atomic mass is 32.2.